The van der Waals surface area contributed by atoms with E-state index in [1.165, 1.54) is 28.0 Å². The SMILES string of the molecule is O=C(c1ncoc1-c1ccccc1F)N1C[C@@H]2CCCN(C(=O)C(F)F)[C@@H]2C1. The van der Waals surface area contributed by atoms with Crippen molar-refractivity contribution < 1.29 is 27.2 Å². The molecule has 1 aromatic carbocycles. The van der Waals surface area contributed by atoms with Crippen LogP contribution in [0.15, 0.2) is 35.1 Å². The van der Waals surface area contributed by atoms with Crippen LogP contribution in [0.2, 0.25) is 0 Å². The summed E-state index contributed by atoms with van der Waals surface area (Å²) < 4.78 is 45.2. The van der Waals surface area contributed by atoms with Crippen LogP contribution in [0.4, 0.5) is 13.2 Å². The average Bonchev–Trinajstić information content (AvgIpc) is 3.34. The Kier molecular flexibility index (Phi) is 4.82. The summed E-state index contributed by atoms with van der Waals surface area (Å²) in [5.74, 6) is -2.25. The minimum Gasteiger partial charge on any atom is -0.443 e. The summed E-state index contributed by atoms with van der Waals surface area (Å²) in [7, 11) is 0. The van der Waals surface area contributed by atoms with Crippen molar-refractivity contribution in [1.29, 1.82) is 0 Å². The first-order valence-electron chi connectivity index (χ1n) is 9.03. The average molecular weight is 393 g/mol. The molecule has 0 radical (unpaired) electrons. The van der Waals surface area contributed by atoms with E-state index in [9.17, 15) is 22.8 Å². The number of halogens is 3. The largest absolute Gasteiger partial charge is 0.443 e. The number of carbonyl (C=O) groups excluding carboxylic acids is 2. The first-order valence-corrected chi connectivity index (χ1v) is 9.03. The van der Waals surface area contributed by atoms with Crippen molar-refractivity contribution in [1.82, 2.24) is 14.8 Å². The second kappa shape index (κ2) is 7.29. The van der Waals surface area contributed by atoms with Gasteiger partial charge in [-0.1, -0.05) is 12.1 Å². The minimum atomic E-state index is -3.06. The Morgan fingerprint density at radius 3 is 2.75 bits per heavy atom. The standard InChI is InChI=1S/C19H18F3N3O3/c20-13-6-2-1-5-12(13)16-15(23-10-28-16)18(26)24-8-11-4-3-7-25(14(11)9-24)19(27)17(21)22/h1-2,5-6,10-11,14,17H,3-4,7-9H2/t11-,14+/m0/s1. The number of rotatable bonds is 3. The number of fused-ring (bicyclic) bond motifs is 1. The van der Waals surface area contributed by atoms with Crippen molar-refractivity contribution in [3.05, 3.63) is 42.2 Å². The molecule has 4 rings (SSSR count). The van der Waals surface area contributed by atoms with Gasteiger partial charge in [0.05, 0.1) is 11.6 Å². The Bertz CT molecular complexity index is 901. The van der Waals surface area contributed by atoms with Crippen molar-refractivity contribution in [2.24, 2.45) is 5.92 Å². The molecule has 0 unspecified atom stereocenters. The molecule has 2 aromatic rings. The number of alkyl halides is 2. The molecular formula is C19H18F3N3O3. The van der Waals surface area contributed by atoms with Crippen molar-refractivity contribution in [3.63, 3.8) is 0 Å². The van der Waals surface area contributed by atoms with Crippen LogP contribution in [0.3, 0.4) is 0 Å². The maximum atomic E-state index is 14.1. The Morgan fingerprint density at radius 1 is 1.21 bits per heavy atom. The zero-order chi connectivity index (χ0) is 19.8. The van der Waals surface area contributed by atoms with E-state index < -0.39 is 30.1 Å². The lowest BCUT2D eigenvalue weighted by molar-refractivity contribution is -0.147. The number of amides is 2. The molecule has 0 aliphatic carbocycles. The number of piperidine rings is 1. The van der Waals surface area contributed by atoms with Crippen LogP contribution in [-0.2, 0) is 4.79 Å². The molecule has 0 bridgehead atoms. The first-order chi connectivity index (χ1) is 13.5. The van der Waals surface area contributed by atoms with Crippen molar-refractivity contribution in [3.8, 4) is 11.3 Å². The molecule has 1 aromatic heterocycles. The number of hydrogen-bond acceptors (Lipinski definition) is 4. The van der Waals surface area contributed by atoms with Gasteiger partial charge < -0.3 is 14.2 Å². The highest BCUT2D eigenvalue weighted by atomic mass is 19.3. The molecule has 28 heavy (non-hydrogen) atoms. The predicted octanol–water partition coefficient (Wildman–Crippen LogP) is 2.81. The van der Waals surface area contributed by atoms with Gasteiger partial charge >= 0.3 is 6.43 Å². The number of oxazole rings is 1. The molecule has 3 heterocycles. The number of carbonyl (C=O) groups is 2. The van der Waals surface area contributed by atoms with Crippen LogP contribution in [0.5, 0.6) is 0 Å². The van der Waals surface area contributed by atoms with Gasteiger partial charge in [0.2, 0.25) is 0 Å². The van der Waals surface area contributed by atoms with Crippen LogP contribution < -0.4 is 0 Å². The molecule has 0 spiro atoms. The third-order valence-electron chi connectivity index (χ3n) is 5.43. The van der Waals surface area contributed by atoms with E-state index in [1.54, 1.807) is 6.07 Å². The summed E-state index contributed by atoms with van der Waals surface area (Å²) in [6, 6.07) is 5.44. The summed E-state index contributed by atoms with van der Waals surface area (Å²) in [5.41, 5.74) is 0.0879. The van der Waals surface area contributed by atoms with E-state index in [1.807, 2.05) is 0 Å². The molecule has 6 nitrogen and oxygen atoms in total. The van der Waals surface area contributed by atoms with Crippen molar-refractivity contribution in [2.75, 3.05) is 19.6 Å². The lowest BCUT2D eigenvalue weighted by Crippen LogP contribution is -2.50. The quantitative estimate of drug-likeness (QED) is 0.804. The van der Waals surface area contributed by atoms with Gasteiger partial charge in [-0.05, 0) is 30.9 Å². The van der Waals surface area contributed by atoms with Crippen LogP contribution in [0, 0.1) is 11.7 Å². The fourth-order valence-electron chi connectivity index (χ4n) is 4.13. The van der Waals surface area contributed by atoms with E-state index in [2.05, 4.69) is 4.98 Å². The predicted molar refractivity (Wildman–Crippen MR) is 92.0 cm³/mol. The number of hydrogen-bond donors (Lipinski definition) is 0. The highest BCUT2D eigenvalue weighted by molar-refractivity contribution is 5.98. The van der Waals surface area contributed by atoms with Gasteiger partial charge in [-0.15, -0.1) is 0 Å². The lowest BCUT2D eigenvalue weighted by atomic mass is 9.92. The summed E-state index contributed by atoms with van der Waals surface area (Å²) in [6.45, 7) is 0.739. The van der Waals surface area contributed by atoms with E-state index in [0.717, 1.165) is 12.8 Å². The maximum Gasteiger partial charge on any atom is 0.315 e. The Balaban J connectivity index is 1.57. The summed E-state index contributed by atoms with van der Waals surface area (Å²) >= 11 is 0. The zero-order valence-electron chi connectivity index (χ0n) is 14.9. The fraction of sp³-hybridized carbons (Fsp3) is 0.421. The highest BCUT2D eigenvalue weighted by Gasteiger charge is 2.44. The van der Waals surface area contributed by atoms with Crippen molar-refractivity contribution in [2.45, 2.75) is 25.3 Å². The number of likely N-dealkylation sites (tertiary alicyclic amines) is 2. The second-order valence-electron chi connectivity index (χ2n) is 7.02. The molecule has 0 N–H and O–H groups in total. The monoisotopic (exact) mass is 393 g/mol. The van der Waals surface area contributed by atoms with E-state index in [0.29, 0.717) is 13.0 Å². The fourth-order valence-corrected chi connectivity index (χ4v) is 4.13. The summed E-state index contributed by atoms with van der Waals surface area (Å²) in [5, 5.41) is 0. The van der Waals surface area contributed by atoms with E-state index in [-0.39, 0.29) is 36.0 Å². The third-order valence-corrected chi connectivity index (χ3v) is 5.43. The molecule has 2 saturated heterocycles. The van der Waals surface area contributed by atoms with Crippen LogP contribution >= 0.6 is 0 Å². The zero-order valence-corrected chi connectivity index (χ0v) is 14.9. The topological polar surface area (TPSA) is 66.7 Å². The number of nitrogens with zero attached hydrogens (tertiary/aromatic N) is 3. The molecule has 2 aliphatic rings. The summed E-state index contributed by atoms with van der Waals surface area (Å²) in [4.78, 5) is 31.4. The van der Waals surface area contributed by atoms with E-state index >= 15 is 0 Å². The molecule has 2 atom stereocenters. The Hall–Kier alpha value is -2.84. The highest BCUT2D eigenvalue weighted by Crippen LogP contribution is 2.33. The molecule has 9 heteroatoms. The smallest absolute Gasteiger partial charge is 0.315 e. The van der Waals surface area contributed by atoms with Gasteiger partial charge in [0.25, 0.3) is 11.8 Å². The minimum absolute atomic E-state index is 0.0264. The lowest BCUT2D eigenvalue weighted by Gasteiger charge is -2.36. The molecule has 148 valence electrons. The molecule has 2 aliphatic heterocycles. The van der Waals surface area contributed by atoms with E-state index in [4.69, 9.17) is 4.42 Å². The van der Waals surface area contributed by atoms with Gasteiger partial charge in [0.1, 0.15) is 5.82 Å². The molecule has 2 fully saturated rings. The van der Waals surface area contributed by atoms with Gasteiger partial charge in [-0.3, -0.25) is 9.59 Å². The van der Waals surface area contributed by atoms with Gasteiger partial charge in [0, 0.05) is 19.6 Å². The van der Waals surface area contributed by atoms with Gasteiger partial charge in [-0.2, -0.15) is 8.78 Å². The second-order valence-corrected chi connectivity index (χ2v) is 7.02. The number of benzene rings is 1. The van der Waals surface area contributed by atoms with Crippen LogP contribution in [0.1, 0.15) is 23.3 Å². The Labute approximate surface area is 158 Å². The normalized spacial score (nSPS) is 21.9. The van der Waals surface area contributed by atoms with Crippen molar-refractivity contribution >= 4 is 11.8 Å². The molecule has 2 amide bonds. The molecular weight excluding hydrogens is 375 g/mol. The Morgan fingerprint density at radius 2 is 2.00 bits per heavy atom. The van der Waals surface area contributed by atoms with Gasteiger partial charge in [-0.25, -0.2) is 9.37 Å². The van der Waals surface area contributed by atoms with Gasteiger partial charge in [0.15, 0.2) is 17.8 Å². The molecule has 0 saturated carbocycles. The third kappa shape index (κ3) is 3.14. The maximum absolute atomic E-state index is 14.1. The van der Waals surface area contributed by atoms with Crippen LogP contribution in [0.25, 0.3) is 11.3 Å². The first kappa shape index (κ1) is 18.5. The number of aromatic nitrogens is 1. The summed E-state index contributed by atoms with van der Waals surface area (Å²) in [6.07, 6.45) is -0.621. The van der Waals surface area contributed by atoms with Crippen LogP contribution in [-0.4, -0.2) is 58.7 Å².